The van der Waals surface area contributed by atoms with E-state index in [0.717, 1.165) is 0 Å². The number of carbonyl (C=O) groups excluding carboxylic acids is 2. The van der Waals surface area contributed by atoms with E-state index in [2.05, 4.69) is 14.0 Å². The van der Waals surface area contributed by atoms with Crippen LogP contribution in [0.25, 0.3) is 0 Å². The molecule has 0 bridgehead atoms. The lowest BCUT2D eigenvalue weighted by molar-refractivity contribution is -0.177. The molecule has 0 radical (unpaired) electrons. The van der Waals surface area contributed by atoms with E-state index in [1.165, 1.54) is 0 Å². The quantitative estimate of drug-likeness (QED) is 0.253. The van der Waals surface area contributed by atoms with Gasteiger partial charge >= 0.3 is 31.8 Å². The maximum absolute atomic E-state index is 11.7. The number of carboxylic acids is 1. The highest BCUT2D eigenvalue weighted by Crippen LogP contribution is 2.39. The molecule has 0 saturated heterocycles. The van der Waals surface area contributed by atoms with Gasteiger partial charge in [0.2, 0.25) is 6.79 Å². The second-order valence-corrected chi connectivity index (χ2v) is 6.59. The van der Waals surface area contributed by atoms with Gasteiger partial charge < -0.3 is 30.5 Å². The molecule has 1 amide bonds. The fourth-order valence-electron chi connectivity index (χ4n) is 0.781. The predicted molar refractivity (Wildman–Crippen MR) is 78.9 cm³/mol. The number of nitrogens with one attached hydrogen (secondary N) is 1. The van der Waals surface area contributed by atoms with Gasteiger partial charge in [-0.3, -0.25) is 13.9 Å². The Balaban J connectivity index is 0. The van der Waals surface area contributed by atoms with Gasteiger partial charge in [-0.25, -0.2) is 9.59 Å². The van der Waals surface area contributed by atoms with Gasteiger partial charge in [0.25, 0.3) is 0 Å². The summed E-state index contributed by atoms with van der Waals surface area (Å²) in [5, 5.41) is 9.87. The third-order valence-corrected chi connectivity index (χ3v) is 2.66. The van der Waals surface area contributed by atoms with Crippen LogP contribution >= 0.6 is 7.60 Å². The molecule has 1 atom stereocenters. The van der Waals surface area contributed by atoms with Crippen LogP contribution in [0.1, 0.15) is 20.3 Å². The highest BCUT2D eigenvalue weighted by Gasteiger charge is 2.32. The highest BCUT2D eigenvalue weighted by molar-refractivity contribution is 7.52. The third-order valence-electron chi connectivity index (χ3n) is 1.57. The Bertz CT molecular complexity index is 511. The van der Waals surface area contributed by atoms with E-state index >= 15 is 0 Å². The summed E-state index contributed by atoms with van der Waals surface area (Å²) in [6.07, 6.45) is -9.06. The maximum Gasteiger partial charge on any atom is 0.410 e. The predicted octanol–water partition coefficient (Wildman–Crippen LogP) is 0.763. The van der Waals surface area contributed by atoms with Crippen molar-refractivity contribution >= 4 is 25.6 Å². The van der Waals surface area contributed by atoms with E-state index in [1.54, 1.807) is 5.32 Å². The normalized spacial score (nSPS) is 13.1. The van der Waals surface area contributed by atoms with Crippen molar-refractivity contribution in [1.29, 1.82) is 0 Å². The zero-order valence-corrected chi connectivity index (χ0v) is 14.7. The van der Waals surface area contributed by atoms with Gasteiger partial charge in [0.05, 0.1) is 0 Å². The van der Waals surface area contributed by atoms with Gasteiger partial charge in [-0.1, -0.05) is 13.8 Å². The van der Waals surface area contributed by atoms with Crippen molar-refractivity contribution in [1.82, 2.24) is 5.32 Å². The number of carbonyl (C=O) groups is 3. The lowest BCUT2D eigenvalue weighted by atomic mass is 10.4. The van der Waals surface area contributed by atoms with Crippen LogP contribution < -0.4 is 11.1 Å². The summed E-state index contributed by atoms with van der Waals surface area (Å²) >= 11 is 0. The lowest BCUT2D eigenvalue weighted by Crippen LogP contribution is -2.28. The van der Waals surface area contributed by atoms with E-state index < -0.39 is 57.9 Å². The first-order chi connectivity index (χ1) is 11.6. The second-order valence-electron chi connectivity index (χ2n) is 4.74. The Kier molecular flexibility index (Phi) is 12.6. The van der Waals surface area contributed by atoms with Gasteiger partial charge in [0.1, 0.15) is 12.7 Å². The molecule has 0 fully saturated rings. The summed E-state index contributed by atoms with van der Waals surface area (Å²) in [6.45, 7) is 1.66. The fourth-order valence-corrected chi connectivity index (χ4v) is 1.51. The van der Waals surface area contributed by atoms with E-state index in [9.17, 15) is 32.1 Å². The van der Waals surface area contributed by atoms with Crippen molar-refractivity contribution in [2.45, 2.75) is 32.5 Å². The van der Waals surface area contributed by atoms with Crippen molar-refractivity contribution in [3.63, 3.8) is 0 Å². The molecule has 0 aromatic rings. The number of aliphatic carboxylic acids is 1. The average Bonchev–Trinajstić information content (AvgIpc) is 2.41. The molecule has 5 N–H and O–H groups in total. The third kappa shape index (κ3) is 22.1. The van der Waals surface area contributed by atoms with Crippen molar-refractivity contribution in [3.8, 4) is 0 Å². The van der Waals surface area contributed by atoms with Crippen LogP contribution in [-0.4, -0.2) is 59.9 Å². The Hall–Kier alpha value is -1.89. The molecule has 26 heavy (non-hydrogen) atoms. The number of nitrogens with two attached hydrogens (primary N) is 1. The van der Waals surface area contributed by atoms with Crippen LogP contribution in [0.15, 0.2) is 0 Å². The minimum atomic E-state index is -4.77. The van der Waals surface area contributed by atoms with Gasteiger partial charge in [0, 0.05) is 0 Å². The van der Waals surface area contributed by atoms with Gasteiger partial charge in [-0.15, -0.1) is 0 Å². The van der Waals surface area contributed by atoms with Crippen molar-refractivity contribution < 1.29 is 56.1 Å². The molecular formula is C11H20F3N2O9P. The number of alkyl carbamates (subject to hydrolysis) is 1. The first-order valence-electron chi connectivity index (χ1n) is 6.71. The minimum Gasteiger partial charge on any atom is -0.480 e. The van der Waals surface area contributed by atoms with Crippen LogP contribution in [0.2, 0.25) is 0 Å². The molecule has 0 aromatic heterocycles. The number of amides is 1. The summed E-state index contributed by atoms with van der Waals surface area (Å²) in [4.78, 5) is 40.7. The summed E-state index contributed by atoms with van der Waals surface area (Å²) in [5.41, 5.74) is 5.11. The molecule has 11 nitrogen and oxygen atoms in total. The van der Waals surface area contributed by atoms with Crippen molar-refractivity contribution in [3.05, 3.63) is 0 Å². The first-order valence-corrected chi connectivity index (χ1v) is 8.47. The minimum absolute atomic E-state index is 0.333. The van der Waals surface area contributed by atoms with E-state index in [1.807, 2.05) is 13.8 Å². The molecule has 0 saturated carbocycles. The second kappa shape index (κ2) is 12.5. The molecule has 1 unspecified atom stereocenters. The van der Waals surface area contributed by atoms with Crippen molar-refractivity contribution in [2.75, 3.05) is 19.7 Å². The zero-order chi connectivity index (χ0) is 21.0. The summed E-state index contributed by atoms with van der Waals surface area (Å²) in [6, 6.07) is 0.333. The van der Waals surface area contributed by atoms with Crippen LogP contribution in [0.3, 0.4) is 0 Å². The first kappa shape index (κ1) is 26.3. The number of carboxylic acid groups (broad SMARTS) is 1. The summed E-state index contributed by atoms with van der Waals surface area (Å²) in [5.74, 6) is -3.20. The van der Waals surface area contributed by atoms with Crippen LogP contribution in [0.4, 0.5) is 18.0 Å². The molecule has 0 rings (SSSR count). The Labute approximate surface area is 146 Å². The smallest absolute Gasteiger partial charge is 0.410 e. The number of hydrogen-bond donors (Lipinski definition) is 4. The largest absolute Gasteiger partial charge is 0.480 e. The molecule has 0 heterocycles. The molecular weight excluding hydrogens is 392 g/mol. The average molecular weight is 412 g/mol. The number of esters is 1. The zero-order valence-electron chi connectivity index (χ0n) is 13.8. The van der Waals surface area contributed by atoms with E-state index in [-0.39, 0.29) is 0 Å². The fraction of sp³-hybridized carbons (Fsp3) is 0.727. The number of ether oxygens (including phenoxy) is 2. The lowest BCUT2D eigenvalue weighted by Gasteiger charge is -2.12. The SMILES string of the molecule is CC(C)N.O=C(O)COP(=O)(O)CNC(=O)OCOC(=O)CC(F)(F)F. The summed E-state index contributed by atoms with van der Waals surface area (Å²) in [7, 11) is -4.43. The molecule has 0 aliphatic carbocycles. The number of rotatable bonds is 8. The molecule has 154 valence electrons. The van der Waals surface area contributed by atoms with Crippen molar-refractivity contribution in [2.24, 2.45) is 5.73 Å². The standard InChI is InChI=1S/C8H11F3NO9P.C3H9N/c9-8(10,11)1-6(15)19-4-20-7(16)12-3-22(17,18)21-2-5(13)14;1-3(2)4/h1-4H2,(H,12,16)(H,13,14)(H,17,18);3H,4H2,1-2H3. The Morgan fingerprint density at radius 1 is 1.23 bits per heavy atom. The Morgan fingerprint density at radius 3 is 2.15 bits per heavy atom. The Morgan fingerprint density at radius 2 is 1.73 bits per heavy atom. The molecule has 0 aliphatic rings. The van der Waals surface area contributed by atoms with E-state index in [4.69, 9.17) is 15.7 Å². The molecule has 0 aromatic carbocycles. The monoisotopic (exact) mass is 412 g/mol. The number of alkyl halides is 3. The topological polar surface area (TPSA) is 174 Å². The van der Waals surface area contributed by atoms with Crippen LogP contribution in [-0.2, 0) is 28.2 Å². The van der Waals surface area contributed by atoms with Crippen LogP contribution in [0.5, 0.6) is 0 Å². The van der Waals surface area contributed by atoms with E-state index in [0.29, 0.717) is 6.04 Å². The number of hydrogen-bond acceptors (Lipinski definition) is 8. The summed E-state index contributed by atoms with van der Waals surface area (Å²) < 4.78 is 58.4. The van der Waals surface area contributed by atoms with Gasteiger partial charge in [-0.05, 0) is 6.04 Å². The highest BCUT2D eigenvalue weighted by atomic mass is 31.2. The van der Waals surface area contributed by atoms with Gasteiger partial charge in [-0.2, -0.15) is 13.2 Å². The van der Waals surface area contributed by atoms with Crippen LogP contribution in [0, 0.1) is 0 Å². The van der Waals surface area contributed by atoms with Gasteiger partial charge in [0.15, 0.2) is 6.61 Å². The molecule has 0 spiro atoms. The maximum atomic E-state index is 11.7. The number of halogens is 3. The molecule has 0 aliphatic heterocycles. The molecule has 15 heteroatoms.